The first-order chi connectivity index (χ1) is 14.5. The number of carbonyl (C=O) groups is 2. The molecule has 3 heterocycles. The third-order valence-corrected chi connectivity index (χ3v) is 4.96. The number of amides is 2. The Labute approximate surface area is 172 Å². The van der Waals surface area contributed by atoms with E-state index in [1.54, 1.807) is 11.0 Å². The highest BCUT2D eigenvalue weighted by Crippen LogP contribution is 2.21. The van der Waals surface area contributed by atoms with E-state index in [1.165, 1.54) is 24.3 Å². The van der Waals surface area contributed by atoms with Crippen LogP contribution in [0.5, 0.6) is 0 Å². The van der Waals surface area contributed by atoms with Gasteiger partial charge >= 0.3 is 0 Å². The van der Waals surface area contributed by atoms with E-state index in [2.05, 4.69) is 15.5 Å². The zero-order chi connectivity index (χ0) is 21.1. The van der Waals surface area contributed by atoms with Crippen LogP contribution in [0.4, 0.5) is 10.1 Å². The first-order valence-electron chi connectivity index (χ1n) is 9.67. The maximum Gasteiger partial charge on any atom is 0.274 e. The van der Waals surface area contributed by atoms with Crippen LogP contribution < -0.4 is 5.32 Å². The van der Waals surface area contributed by atoms with Gasteiger partial charge in [0.05, 0.1) is 6.54 Å². The molecule has 30 heavy (non-hydrogen) atoms. The van der Waals surface area contributed by atoms with Gasteiger partial charge in [0, 0.05) is 37.9 Å². The molecule has 4 rings (SSSR count). The fraction of sp³-hybridized carbons (Fsp3) is 0.286. The number of aromatic nitrogens is 2. The van der Waals surface area contributed by atoms with E-state index in [-0.39, 0.29) is 24.2 Å². The van der Waals surface area contributed by atoms with Crippen molar-refractivity contribution in [1.82, 2.24) is 20.0 Å². The van der Waals surface area contributed by atoms with Gasteiger partial charge in [0.2, 0.25) is 5.91 Å². The molecule has 0 unspecified atom stereocenters. The van der Waals surface area contributed by atoms with Gasteiger partial charge in [-0.1, -0.05) is 0 Å². The molecular formula is C21H22FN5O3. The summed E-state index contributed by atoms with van der Waals surface area (Å²) < 4.78 is 18.5. The molecule has 1 aromatic carbocycles. The van der Waals surface area contributed by atoms with E-state index in [1.807, 2.05) is 24.0 Å². The van der Waals surface area contributed by atoms with Gasteiger partial charge in [-0.2, -0.15) is 5.10 Å². The summed E-state index contributed by atoms with van der Waals surface area (Å²) in [5, 5.41) is 9.70. The van der Waals surface area contributed by atoms with Crippen molar-refractivity contribution in [2.75, 3.05) is 38.0 Å². The van der Waals surface area contributed by atoms with Crippen LogP contribution >= 0.6 is 0 Å². The van der Waals surface area contributed by atoms with Gasteiger partial charge in [0.15, 0.2) is 11.5 Å². The molecule has 1 aliphatic heterocycles. The number of halogens is 1. The molecule has 8 nitrogen and oxygen atoms in total. The number of H-pyrrole nitrogens is 1. The minimum atomic E-state index is -0.350. The number of piperazine rings is 1. The van der Waals surface area contributed by atoms with E-state index in [0.29, 0.717) is 49.0 Å². The van der Waals surface area contributed by atoms with E-state index in [9.17, 15) is 14.0 Å². The van der Waals surface area contributed by atoms with Crippen LogP contribution in [0.25, 0.3) is 11.5 Å². The van der Waals surface area contributed by atoms with Crippen LogP contribution in [0.3, 0.4) is 0 Å². The van der Waals surface area contributed by atoms with Crippen LogP contribution in [0.1, 0.15) is 16.2 Å². The largest absolute Gasteiger partial charge is 0.460 e. The summed E-state index contributed by atoms with van der Waals surface area (Å²) in [6, 6.07) is 11.0. The molecule has 0 atom stereocenters. The summed E-state index contributed by atoms with van der Waals surface area (Å²) in [6.07, 6.45) is 0. The summed E-state index contributed by atoms with van der Waals surface area (Å²) in [6.45, 7) is 4.24. The van der Waals surface area contributed by atoms with E-state index < -0.39 is 0 Å². The summed E-state index contributed by atoms with van der Waals surface area (Å²) in [7, 11) is 0. The lowest BCUT2D eigenvalue weighted by molar-refractivity contribution is -0.117. The number of rotatable bonds is 5. The van der Waals surface area contributed by atoms with Crippen LogP contribution in [0, 0.1) is 12.7 Å². The summed E-state index contributed by atoms with van der Waals surface area (Å²) in [5.74, 6) is 0.739. The highest BCUT2D eigenvalue weighted by Gasteiger charge is 2.25. The molecule has 9 heteroatoms. The van der Waals surface area contributed by atoms with Crippen LogP contribution in [0.15, 0.2) is 46.9 Å². The molecule has 0 spiro atoms. The number of furan rings is 1. The van der Waals surface area contributed by atoms with Crippen molar-refractivity contribution in [3.05, 3.63) is 59.7 Å². The third kappa shape index (κ3) is 4.57. The van der Waals surface area contributed by atoms with Crippen molar-refractivity contribution in [3.63, 3.8) is 0 Å². The molecule has 2 aromatic heterocycles. The monoisotopic (exact) mass is 411 g/mol. The van der Waals surface area contributed by atoms with Crippen molar-refractivity contribution >= 4 is 17.5 Å². The normalized spacial score (nSPS) is 14.7. The summed E-state index contributed by atoms with van der Waals surface area (Å²) in [4.78, 5) is 28.6. The number of aromatic amines is 1. The highest BCUT2D eigenvalue weighted by atomic mass is 19.1. The number of nitrogens with one attached hydrogen (secondary N) is 2. The molecule has 156 valence electrons. The molecule has 2 amide bonds. The molecule has 2 N–H and O–H groups in total. The SMILES string of the molecule is Cc1ccc(-c2cc(C(=O)N3CCN(CC(=O)Nc4ccc(F)cc4)CC3)n[nH]2)o1. The third-order valence-electron chi connectivity index (χ3n) is 4.96. The van der Waals surface area contributed by atoms with Gasteiger partial charge in [-0.25, -0.2) is 4.39 Å². The second kappa shape index (κ2) is 8.50. The Hall–Kier alpha value is -3.46. The lowest BCUT2D eigenvalue weighted by Gasteiger charge is -2.33. The number of nitrogens with zero attached hydrogens (tertiary/aromatic N) is 3. The summed E-state index contributed by atoms with van der Waals surface area (Å²) in [5.41, 5.74) is 1.54. The van der Waals surface area contributed by atoms with E-state index in [4.69, 9.17) is 4.42 Å². The van der Waals surface area contributed by atoms with Crippen molar-refractivity contribution in [3.8, 4) is 11.5 Å². The number of hydrogen-bond donors (Lipinski definition) is 2. The molecule has 1 aliphatic rings. The smallest absolute Gasteiger partial charge is 0.274 e. The number of aryl methyl sites for hydroxylation is 1. The first kappa shape index (κ1) is 19.8. The van der Waals surface area contributed by atoms with Crippen LogP contribution in [-0.4, -0.2) is 64.5 Å². The minimum absolute atomic E-state index is 0.156. The van der Waals surface area contributed by atoms with Crippen molar-refractivity contribution < 1.29 is 18.4 Å². The maximum absolute atomic E-state index is 12.9. The minimum Gasteiger partial charge on any atom is -0.460 e. The lowest BCUT2D eigenvalue weighted by Crippen LogP contribution is -2.50. The van der Waals surface area contributed by atoms with Crippen LogP contribution in [-0.2, 0) is 4.79 Å². The Kier molecular flexibility index (Phi) is 5.62. The highest BCUT2D eigenvalue weighted by molar-refractivity contribution is 5.93. The van der Waals surface area contributed by atoms with Gasteiger partial charge in [0.25, 0.3) is 5.91 Å². The molecule has 0 aliphatic carbocycles. The van der Waals surface area contributed by atoms with Gasteiger partial charge in [-0.15, -0.1) is 0 Å². The Bertz CT molecular complexity index is 1040. The van der Waals surface area contributed by atoms with E-state index in [0.717, 1.165) is 5.76 Å². The lowest BCUT2D eigenvalue weighted by atomic mass is 10.2. The molecule has 3 aromatic rings. The second-order valence-corrected chi connectivity index (χ2v) is 7.20. The Morgan fingerprint density at radius 3 is 2.53 bits per heavy atom. The number of anilines is 1. The molecule has 0 radical (unpaired) electrons. The fourth-order valence-corrected chi connectivity index (χ4v) is 3.34. The molecule has 0 bridgehead atoms. The molecule has 1 fully saturated rings. The predicted molar refractivity (Wildman–Crippen MR) is 108 cm³/mol. The number of benzene rings is 1. The molecule has 1 saturated heterocycles. The average Bonchev–Trinajstić information content (AvgIpc) is 3.39. The average molecular weight is 411 g/mol. The Morgan fingerprint density at radius 2 is 1.87 bits per heavy atom. The Balaban J connectivity index is 1.28. The quantitative estimate of drug-likeness (QED) is 0.673. The van der Waals surface area contributed by atoms with Gasteiger partial charge < -0.3 is 14.6 Å². The fourth-order valence-electron chi connectivity index (χ4n) is 3.34. The zero-order valence-electron chi connectivity index (χ0n) is 16.5. The maximum atomic E-state index is 12.9. The summed E-state index contributed by atoms with van der Waals surface area (Å²) >= 11 is 0. The van der Waals surface area contributed by atoms with Crippen molar-refractivity contribution in [1.29, 1.82) is 0 Å². The van der Waals surface area contributed by atoms with E-state index >= 15 is 0 Å². The second-order valence-electron chi connectivity index (χ2n) is 7.20. The first-order valence-corrected chi connectivity index (χ1v) is 9.67. The van der Waals surface area contributed by atoms with Crippen LogP contribution in [0.2, 0.25) is 0 Å². The van der Waals surface area contributed by atoms with Crippen molar-refractivity contribution in [2.24, 2.45) is 0 Å². The van der Waals surface area contributed by atoms with Gasteiger partial charge in [-0.3, -0.25) is 19.6 Å². The predicted octanol–water partition coefficient (Wildman–Crippen LogP) is 2.51. The zero-order valence-corrected chi connectivity index (χ0v) is 16.5. The standard InChI is InChI=1S/C21H22FN5O3/c1-14-2-7-19(30-14)17-12-18(25-24-17)21(29)27-10-8-26(9-11-27)13-20(28)23-16-5-3-15(22)4-6-16/h2-7,12H,8-11,13H2,1H3,(H,23,28)(H,24,25). The molecular weight excluding hydrogens is 389 g/mol. The Morgan fingerprint density at radius 1 is 1.13 bits per heavy atom. The number of hydrogen-bond acceptors (Lipinski definition) is 5. The topological polar surface area (TPSA) is 94.5 Å². The number of carbonyl (C=O) groups excluding carboxylic acids is 2. The van der Waals surface area contributed by atoms with Gasteiger partial charge in [0.1, 0.15) is 17.3 Å². The van der Waals surface area contributed by atoms with Crippen molar-refractivity contribution in [2.45, 2.75) is 6.92 Å². The molecule has 0 saturated carbocycles. The van der Waals surface area contributed by atoms with Gasteiger partial charge in [-0.05, 0) is 43.3 Å².